The van der Waals surface area contributed by atoms with Crippen molar-refractivity contribution in [1.82, 2.24) is 24.4 Å². The fourth-order valence-electron chi connectivity index (χ4n) is 5.25. The van der Waals surface area contributed by atoms with E-state index in [-0.39, 0.29) is 18.4 Å². The Morgan fingerprint density at radius 1 is 0.946 bits per heavy atom. The molecule has 0 N–H and O–H groups in total. The summed E-state index contributed by atoms with van der Waals surface area (Å²) in [7, 11) is 0. The third-order valence-electron chi connectivity index (χ3n) is 7.34. The summed E-state index contributed by atoms with van der Waals surface area (Å²) in [6.45, 7) is 6.21. The van der Waals surface area contributed by atoms with E-state index in [1.54, 1.807) is 11.0 Å². The molecule has 0 aliphatic carbocycles. The Balaban J connectivity index is 1.07. The van der Waals surface area contributed by atoms with Crippen molar-refractivity contribution in [1.29, 1.82) is 0 Å². The summed E-state index contributed by atoms with van der Waals surface area (Å²) >= 11 is 0. The van der Waals surface area contributed by atoms with Crippen LogP contribution >= 0.6 is 0 Å². The van der Waals surface area contributed by atoms with Crippen molar-refractivity contribution < 1.29 is 19.1 Å². The topological polar surface area (TPSA) is 89.3 Å². The predicted molar refractivity (Wildman–Crippen MR) is 138 cm³/mol. The number of carbonyl (C=O) groups excluding carboxylic acids is 2. The SMILES string of the molecule is Cc1nc2c3ccccc3nn2c(C)c1CCC(=O)N1CCN(C(=O)[C@H]2COc3ccccc3O2)CC1. The number of nitrogens with zero attached hydrogens (tertiary/aromatic N) is 5. The van der Waals surface area contributed by atoms with Crippen LogP contribution in [-0.4, -0.2) is 75.1 Å². The molecule has 0 unspecified atom stereocenters. The van der Waals surface area contributed by atoms with Gasteiger partial charge >= 0.3 is 0 Å². The Bertz CT molecular complexity index is 1510. The molecule has 0 spiro atoms. The summed E-state index contributed by atoms with van der Waals surface area (Å²) in [5, 5.41) is 5.74. The highest BCUT2D eigenvalue weighted by Crippen LogP contribution is 2.31. The van der Waals surface area contributed by atoms with Gasteiger partial charge in [-0.15, -0.1) is 0 Å². The quantitative estimate of drug-likeness (QED) is 0.429. The Labute approximate surface area is 214 Å². The zero-order valence-corrected chi connectivity index (χ0v) is 21.0. The van der Waals surface area contributed by atoms with E-state index in [0.29, 0.717) is 50.5 Å². The number of para-hydroxylation sites is 2. The van der Waals surface area contributed by atoms with Crippen molar-refractivity contribution in [2.24, 2.45) is 0 Å². The van der Waals surface area contributed by atoms with Gasteiger partial charge in [-0.05, 0) is 50.1 Å². The van der Waals surface area contributed by atoms with Gasteiger partial charge in [0.1, 0.15) is 6.61 Å². The Morgan fingerprint density at radius 3 is 2.46 bits per heavy atom. The van der Waals surface area contributed by atoms with Gasteiger partial charge in [0.2, 0.25) is 12.0 Å². The van der Waals surface area contributed by atoms with Crippen molar-refractivity contribution in [2.45, 2.75) is 32.8 Å². The summed E-state index contributed by atoms with van der Waals surface area (Å²) in [4.78, 5) is 34.5. The summed E-state index contributed by atoms with van der Waals surface area (Å²) in [6, 6.07) is 15.3. The summed E-state index contributed by atoms with van der Waals surface area (Å²) in [6.07, 6.45) is 0.325. The highest BCUT2D eigenvalue weighted by atomic mass is 16.6. The highest BCUT2D eigenvalue weighted by Gasteiger charge is 2.33. The van der Waals surface area contributed by atoms with E-state index in [4.69, 9.17) is 19.6 Å². The lowest BCUT2D eigenvalue weighted by atomic mass is 10.1. The maximum absolute atomic E-state index is 13.0. The maximum atomic E-state index is 13.0. The zero-order valence-electron chi connectivity index (χ0n) is 21.0. The molecule has 0 radical (unpaired) electrons. The Kier molecular flexibility index (Phi) is 5.90. The second kappa shape index (κ2) is 9.38. The van der Waals surface area contributed by atoms with Gasteiger partial charge in [-0.3, -0.25) is 9.59 Å². The zero-order chi connectivity index (χ0) is 25.5. The average Bonchev–Trinajstić information content (AvgIpc) is 3.31. The van der Waals surface area contributed by atoms with E-state index in [9.17, 15) is 9.59 Å². The minimum Gasteiger partial charge on any atom is -0.485 e. The predicted octanol–water partition coefficient (Wildman–Crippen LogP) is 2.94. The summed E-state index contributed by atoms with van der Waals surface area (Å²) in [5.74, 6) is 1.23. The van der Waals surface area contributed by atoms with E-state index >= 15 is 0 Å². The first kappa shape index (κ1) is 23.3. The van der Waals surface area contributed by atoms with Gasteiger partial charge in [-0.25, -0.2) is 9.50 Å². The van der Waals surface area contributed by atoms with E-state index in [1.807, 2.05) is 65.7 Å². The van der Waals surface area contributed by atoms with Crippen LogP contribution < -0.4 is 9.47 Å². The van der Waals surface area contributed by atoms with Crippen molar-refractivity contribution in [2.75, 3.05) is 32.8 Å². The van der Waals surface area contributed by atoms with Crippen molar-refractivity contribution >= 4 is 28.4 Å². The molecule has 37 heavy (non-hydrogen) atoms. The number of aromatic nitrogens is 3. The smallest absolute Gasteiger partial charge is 0.267 e. The molecule has 2 aromatic heterocycles. The van der Waals surface area contributed by atoms with Crippen LogP contribution in [-0.2, 0) is 16.0 Å². The summed E-state index contributed by atoms with van der Waals surface area (Å²) in [5.41, 5.74) is 4.75. The largest absolute Gasteiger partial charge is 0.485 e. The first-order valence-electron chi connectivity index (χ1n) is 12.7. The molecule has 2 amide bonds. The fraction of sp³-hybridized carbons (Fsp3) is 0.357. The van der Waals surface area contributed by atoms with E-state index in [0.717, 1.165) is 33.5 Å². The molecule has 1 fully saturated rings. The van der Waals surface area contributed by atoms with Crippen molar-refractivity contribution in [3.63, 3.8) is 0 Å². The van der Waals surface area contributed by atoms with Crippen LogP contribution in [0.4, 0.5) is 0 Å². The number of benzene rings is 2. The molecule has 0 bridgehead atoms. The van der Waals surface area contributed by atoms with E-state index < -0.39 is 6.10 Å². The molecular formula is C28H29N5O4. The Morgan fingerprint density at radius 2 is 1.65 bits per heavy atom. The lowest BCUT2D eigenvalue weighted by Gasteiger charge is -2.37. The monoisotopic (exact) mass is 499 g/mol. The number of carbonyl (C=O) groups is 2. The second-order valence-electron chi connectivity index (χ2n) is 9.58. The number of amides is 2. The first-order valence-corrected chi connectivity index (χ1v) is 12.7. The molecule has 2 aliphatic rings. The van der Waals surface area contributed by atoms with Crippen molar-refractivity contribution in [3.05, 3.63) is 65.5 Å². The number of fused-ring (bicyclic) bond motifs is 4. The molecule has 9 nitrogen and oxygen atoms in total. The molecule has 2 aromatic carbocycles. The lowest BCUT2D eigenvalue weighted by molar-refractivity contribution is -0.146. The van der Waals surface area contributed by atoms with Gasteiger partial charge in [0.25, 0.3) is 5.91 Å². The van der Waals surface area contributed by atoms with Crippen LogP contribution in [0.2, 0.25) is 0 Å². The minimum atomic E-state index is -0.663. The summed E-state index contributed by atoms with van der Waals surface area (Å²) < 4.78 is 13.5. The standard InChI is InChI=1S/C28H29N5O4/c1-18-20(19(2)33-27(29-18)21-7-3-4-8-22(21)30-33)11-12-26(34)31-13-15-32(16-14-31)28(35)25-17-36-23-9-5-6-10-24(23)37-25/h3-10,25H,11-17H2,1-2H3/t25-/m1/s1. The highest BCUT2D eigenvalue weighted by molar-refractivity contribution is 5.92. The van der Waals surface area contributed by atoms with Gasteiger partial charge < -0.3 is 19.3 Å². The third kappa shape index (κ3) is 4.24. The van der Waals surface area contributed by atoms with Gasteiger partial charge in [0, 0.05) is 49.4 Å². The molecule has 2 aliphatic heterocycles. The maximum Gasteiger partial charge on any atom is 0.267 e. The molecular weight excluding hydrogens is 470 g/mol. The van der Waals surface area contributed by atoms with Crippen LogP contribution in [0.1, 0.15) is 23.4 Å². The molecule has 1 atom stereocenters. The van der Waals surface area contributed by atoms with Crippen LogP contribution in [0.5, 0.6) is 11.5 Å². The van der Waals surface area contributed by atoms with Crippen LogP contribution in [0, 0.1) is 13.8 Å². The number of rotatable bonds is 4. The average molecular weight is 500 g/mol. The first-order chi connectivity index (χ1) is 18.0. The number of hydrogen-bond acceptors (Lipinski definition) is 6. The number of aryl methyl sites for hydroxylation is 2. The molecule has 4 heterocycles. The van der Waals surface area contributed by atoms with Crippen LogP contribution in [0.3, 0.4) is 0 Å². The second-order valence-corrected chi connectivity index (χ2v) is 9.58. The number of ether oxygens (including phenoxy) is 2. The van der Waals surface area contributed by atoms with E-state index in [2.05, 4.69) is 0 Å². The molecule has 6 rings (SSSR count). The molecule has 9 heteroatoms. The Hall–Kier alpha value is -4.14. The van der Waals surface area contributed by atoms with Gasteiger partial charge in [-0.1, -0.05) is 24.3 Å². The number of piperazine rings is 1. The van der Waals surface area contributed by atoms with Gasteiger partial charge in [0.05, 0.1) is 5.52 Å². The van der Waals surface area contributed by atoms with Gasteiger partial charge in [-0.2, -0.15) is 5.10 Å². The molecule has 4 aromatic rings. The van der Waals surface area contributed by atoms with E-state index in [1.165, 1.54) is 0 Å². The van der Waals surface area contributed by atoms with Gasteiger partial charge in [0.15, 0.2) is 17.1 Å². The lowest BCUT2D eigenvalue weighted by Crippen LogP contribution is -2.55. The van der Waals surface area contributed by atoms with Crippen LogP contribution in [0.15, 0.2) is 48.5 Å². The van der Waals surface area contributed by atoms with Crippen molar-refractivity contribution in [3.8, 4) is 11.5 Å². The molecule has 1 saturated heterocycles. The molecule has 190 valence electrons. The van der Waals surface area contributed by atoms with Crippen LogP contribution in [0.25, 0.3) is 16.6 Å². The normalized spacial score (nSPS) is 17.4. The molecule has 0 saturated carbocycles. The minimum absolute atomic E-state index is 0.0859. The fourth-order valence-corrected chi connectivity index (χ4v) is 5.25. The number of hydrogen-bond donors (Lipinski definition) is 0. The third-order valence-corrected chi connectivity index (χ3v) is 7.34.